The van der Waals surface area contributed by atoms with Crippen LogP contribution in [0.3, 0.4) is 0 Å². The molecule has 0 saturated carbocycles. The van der Waals surface area contributed by atoms with E-state index in [1.54, 1.807) is 7.11 Å². The van der Waals surface area contributed by atoms with E-state index in [0.29, 0.717) is 5.16 Å². The van der Waals surface area contributed by atoms with Crippen LogP contribution in [0.1, 0.15) is 16.7 Å². The van der Waals surface area contributed by atoms with Crippen LogP contribution in [0.2, 0.25) is 0 Å². The molecule has 0 bridgehead atoms. The Morgan fingerprint density at radius 3 is 2.55 bits per heavy atom. The lowest BCUT2D eigenvalue weighted by Crippen LogP contribution is -2.14. The van der Waals surface area contributed by atoms with Gasteiger partial charge in [-0.2, -0.15) is 0 Å². The highest BCUT2D eigenvalue weighted by Crippen LogP contribution is 2.29. The van der Waals surface area contributed by atoms with E-state index in [1.165, 1.54) is 28.3 Å². The Kier molecular flexibility index (Phi) is 5.15. The van der Waals surface area contributed by atoms with Gasteiger partial charge < -0.3 is 10.1 Å². The number of ether oxygens (including phenoxy) is 1. The molecule has 1 N–H and O–H groups in total. The number of nitrogens with zero attached hydrogens (tertiary/aromatic N) is 3. The number of hydrogen-bond donors (Lipinski definition) is 1. The fourth-order valence-corrected chi connectivity index (χ4v) is 4.25. The quantitative estimate of drug-likeness (QED) is 0.493. The molecule has 29 heavy (non-hydrogen) atoms. The maximum absolute atomic E-state index is 12.4. The van der Waals surface area contributed by atoms with E-state index in [9.17, 15) is 4.79 Å². The number of anilines is 1. The van der Waals surface area contributed by atoms with Crippen molar-refractivity contribution in [3.63, 3.8) is 0 Å². The second-order valence-electron chi connectivity index (χ2n) is 7.05. The summed E-state index contributed by atoms with van der Waals surface area (Å²) in [4.78, 5) is 12.4. The van der Waals surface area contributed by atoms with E-state index < -0.39 is 0 Å². The van der Waals surface area contributed by atoms with Gasteiger partial charge >= 0.3 is 0 Å². The van der Waals surface area contributed by atoms with Gasteiger partial charge in [0.15, 0.2) is 10.8 Å². The highest BCUT2D eigenvalue weighted by Gasteiger charge is 2.15. The van der Waals surface area contributed by atoms with Crippen molar-refractivity contribution in [3.8, 4) is 5.75 Å². The first-order valence-corrected chi connectivity index (χ1v) is 10.3. The first-order valence-electron chi connectivity index (χ1n) is 9.28. The molecule has 0 spiro atoms. The van der Waals surface area contributed by atoms with Gasteiger partial charge in [0.25, 0.3) is 0 Å². The van der Waals surface area contributed by atoms with Gasteiger partial charge in [0.2, 0.25) is 5.91 Å². The summed E-state index contributed by atoms with van der Waals surface area (Å²) >= 11 is 1.38. The molecule has 0 aliphatic heterocycles. The molecule has 7 heteroatoms. The molecule has 2 aromatic heterocycles. The highest BCUT2D eigenvalue weighted by molar-refractivity contribution is 7.99. The molecule has 2 aromatic carbocycles. The number of aryl methyl sites for hydroxylation is 3. The van der Waals surface area contributed by atoms with Gasteiger partial charge in [-0.25, -0.2) is 0 Å². The van der Waals surface area contributed by atoms with Crippen molar-refractivity contribution in [2.24, 2.45) is 0 Å². The maximum Gasteiger partial charge on any atom is 0.234 e. The molecule has 0 atom stereocenters. The number of amides is 1. The van der Waals surface area contributed by atoms with Crippen molar-refractivity contribution in [2.45, 2.75) is 25.9 Å². The number of fused-ring (bicyclic) bond motifs is 3. The summed E-state index contributed by atoms with van der Waals surface area (Å²) in [5.41, 5.74) is 6.17. The summed E-state index contributed by atoms with van der Waals surface area (Å²) in [7, 11) is 1.61. The van der Waals surface area contributed by atoms with Crippen LogP contribution in [0.25, 0.3) is 16.6 Å². The summed E-state index contributed by atoms with van der Waals surface area (Å²) < 4.78 is 7.18. The van der Waals surface area contributed by atoms with E-state index in [1.807, 2.05) is 34.7 Å². The number of carbonyl (C=O) groups is 1. The topological polar surface area (TPSA) is 68.5 Å². The van der Waals surface area contributed by atoms with E-state index in [0.717, 1.165) is 28.2 Å². The van der Waals surface area contributed by atoms with Crippen molar-refractivity contribution in [1.29, 1.82) is 0 Å². The number of pyridine rings is 1. The minimum absolute atomic E-state index is 0.0964. The molecule has 0 unspecified atom stereocenters. The van der Waals surface area contributed by atoms with Gasteiger partial charge in [-0.1, -0.05) is 23.4 Å². The zero-order valence-electron chi connectivity index (χ0n) is 16.8. The maximum atomic E-state index is 12.4. The summed E-state index contributed by atoms with van der Waals surface area (Å²) in [6.07, 6.45) is 0. The minimum Gasteiger partial charge on any atom is -0.497 e. The van der Waals surface area contributed by atoms with Crippen LogP contribution in [-0.4, -0.2) is 33.4 Å². The van der Waals surface area contributed by atoms with Gasteiger partial charge in [-0.05, 0) is 68.3 Å². The number of aromatic nitrogens is 3. The Hall–Kier alpha value is -3.06. The summed E-state index contributed by atoms with van der Waals surface area (Å²) in [5.74, 6) is 0.897. The van der Waals surface area contributed by atoms with Gasteiger partial charge in [-0.3, -0.25) is 9.20 Å². The average molecular weight is 407 g/mol. The number of rotatable bonds is 5. The SMILES string of the molecule is COc1ccc(NC(=O)CSc2nnc3cc(C)c4cc(C)cc(C)c4n23)cc1. The standard InChI is InChI=1S/C22H22N4O2S/c1-13-9-15(3)21-18(10-13)14(2)11-19-24-25-22(26(19)21)29-12-20(27)23-16-5-7-17(28-4)8-6-16/h5-11H,12H2,1-4H3,(H,23,27). The number of benzene rings is 2. The van der Waals surface area contributed by atoms with E-state index in [4.69, 9.17) is 4.74 Å². The van der Waals surface area contributed by atoms with Crippen molar-refractivity contribution in [3.05, 3.63) is 59.2 Å². The molecule has 0 aliphatic carbocycles. The molecule has 4 aromatic rings. The van der Waals surface area contributed by atoms with Crippen LogP contribution in [-0.2, 0) is 4.79 Å². The normalized spacial score (nSPS) is 11.2. The molecule has 6 nitrogen and oxygen atoms in total. The molecule has 0 fully saturated rings. The third-order valence-corrected chi connectivity index (χ3v) is 5.73. The first kappa shape index (κ1) is 19.3. The molecule has 0 saturated heterocycles. The minimum atomic E-state index is -0.0964. The molecular formula is C22H22N4O2S. The number of nitrogens with one attached hydrogen (secondary N) is 1. The Morgan fingerprint density at radius 1 is 1.07 bits per heavy atom. The number of methoxy groups -OCH3 is 1. The van der Waals surface area contributed by atoms with Crippen LogP contribution in [0.5, 0.6) is 5.75 Å². The monoisotopic (exact) mass is 406 g/mol. The Labute approximate surface area is 173 Å². The number of carbonyl (C=O) groups excluding carboxylic acids is 1. The molecule has 4 rings (SSSR count). The summed E-state index contributed by atoms with van der Waals surface area (Å²) in [6.45, 7) is 6.28. The first-order chi connectivity index (χ1) is 14.0. The van der Waals surface area contributed by atoms with Crippen LogP contribution >= 0.6 is 11.8 Å². The Balaban J connectivity index is 1.59. The van der Waals surface area contributed by atoms with Gasteiger partial charge in [0.05, 0.1) is 18.4 Å². The molecule has 1 amide bonds. The van der Waals surface area contributed by atoms with E-state index in [-0.39, 0.29) is 11.7 Å². The fraction of sp³-hybridized carbons (Fsp3) is 0.227. The lowest BCUT2D eigenvalue weighted by Gasteiger charge is -2.11. The molecule has 2 heterocycles. The van der Waals surface area contributed by atoms with E-state index >= 15 is 0 Å². The third kappa shape index (κ3) is 3.78. The lowest BCUT2D eigenvalue weighted by molar-refractivity contribution is -0.113. The molecular weight excluding hydrogens is 384 g/mol. The van der Waals surface area contributed by atoms with Crippen LogP contribution in [0, 0.1) is 20.8 Å². The smallest absolute Gasteiger partial charge is 0.234 e. The third-order valence-electron chi connectivity index (χ3n) is 4.80. The van der Waals surface area contributed by atoms with Crippen molar-refractivity contribution in [2.75, 3.05) is 18.2 Å². The van der Waals surface area contributed by atoms with Crippen LogP contribution < -0.4 is 10.1 Å². The largest absolute Gasteiger partial charge is 0.497 e. The number of hydrogen-bond acceptors (Lipinski definition) is 5. The molecule has 0 radical (unpaired) electrons. The Bertz CT molecular complexity index is 1220. The zero-order chi connectivity index (χ0) is 20.5. The Morgan fingerprint density at radius 2 is 1.83 bits per heavy atom. The van der Waals surface area contributed by atoms with Crippen LogP contribution in [0.15, 0.2) is 47.6 Å². The summed E-state index contributed by atoms with van der Waals surface area (Å²) in [5, 5.41) is 13.4. The van der Waals surface area contributed by atoms with E-state index in [2.05, 4.69) is 48.4 Å². The highest BCUT2D eigenvalue weighted by atomic mass is 32.2. The summed E-state index contributed by atoms with van der Waals surface area (Å²) in [6, 6.07) is 13.6. The zero-order valence-corrected chi connectivity index (χ0v) is 17.6. The predicted molar refractivity (Wildman–Crippen MR) is 117 cm³/mol. The fourth-order valence-electron chi connectivity index (χ4n) is 3.51. The van der Waals surface area contributed by atoms with Gasteiger partial charge in [-0.15, -0.1) is 10.2 Å². The van der Waals surface area contributed by atoms with Crippen LogP contribution in [0.4, 0.5) is 5.69 Å². The van der Waals surface area contributed by atoms with Crippen molar-refractivity contribution in [1.82, 2.24) is 14.6 Å². The predicted octanol–water partition coefficient (Wildman–Crippen LogP) is 4.55. The lowest BCUT2D eigenvalue weighted by atomic mass is 10.0. The average Bonchev–Trinajstić information content (AvgIpc) is 3.09. The number of thioether (sulfide) groups is 1. The molecule has 148 valence electrons. The second-order valence-corrected chi connectivity index (χ2v) is 7.99. The van der Waals surface area contributed by atoms with Gasteiger partial charge in [0.1, 0.15) is 5.75 Å². The van der Waals surface area contributed by atoms with Gasteiger partial charge in [0, 0.05) is 11.1 Å². The van der Waals surface area contributed by atoms with Crippen molar-refractivity contribution >= 4 is 39.9 Å². The molecule has 0 aliphatic rings. The van der Waals surface area contributed by atoms with Crippen molar-refractivity contribution < 1.29 is 9.53 Å². The second kappa shape index (κ2) is 7.75.